The summed E-state index contributed by atoms with van der Waals surface area (Å²) in [6.45, 7) is 12.0. The lowest BCUT2D eigenvalue weighted by molar-refractivity contribution is 0.0453. The van der Waals surface area contributed by atoms with Crippen molar-refractivity contribution in [1.29, 1.82) is 0 Å². The maximum absolute atomic E-state index is 12.5. The van der Waals surface area contributed by atoms with Crippen LogP contribution in [0.5, 0.6) is 0 Å². The van der Waals surface area contributed by atoms with Gasteiger partial charge in [0, 0.05) is 5.56 Å². The number of hydrogen-bond acceptors (Lipinski definition) is 2. The van der Waals surface area contributed by atoms with E-state index in [-0.39, 0.29) is 11.9 Å². The van der Waals surface area contributed by atoms with E-state index in [2.05, 4.69) is 23.1 Å². The fourth-order valence-electron chi connectivity index (χ4n) is 2.37. The lowest BCUT2D eigenvalue weighted by Gasteiger charge is -2.19. The minimum absolute atomic E-state index is 0.0183. The summed E-state index contributed by atoms with van der Waals surface area (Å²) in [7, 11) is 2.49. The molecule has 1 rings (SSSR count). The first-order chi connectivity index (χ1) is 8.86. The van der Waals surface area contributed by atoms with Crippen LogP contribution in [0.15, 0.2) is 12.1 Å². The predicted molar refractivity (Wildman–Crippen MR) is 83.6 cm³/mol. The molecule has 0 bridgehead atoms. The van der Waals surface area contributed by atoms with E-state index in [4.69, 9.17) is 4.74 Å². The van der Waals surface area contributed by atoms with Crippen molar-refractivity contribution in [3.8, 4) is 0 Å². The van der Waals surface area contributed by atoms with Crippen LogP contribution in [-0.2, 0) is 4.74 Å². The number of rotatable bonds is 6. The topological polar surface area (TPSA) is 26.3 Å². The van der Waals surface area contributed by atoms with Gasteiger partial charge in [0.1, 0.15) is 5.85 Å². The van der Waals surface area contributed by atoms with Crippen molar-refractivity contribution in [3.05, 3.63) is 41.3 Å². The molecule has 0 N–H and O–H groups in total. The second-order valence-corrected chi connectivity index (χ2v) is 5.71. The Balaban J connectivity index is 2.88. The van der Waals surface area contributed by atoms with Crippen LogP contribution in [0.4, 0.5) is 0 Å². The van der Waals surface area contributed by atoms with Crippen LogP contribution in [0.25, 0.3) is 0 Å². The Labute approximate surface area is 119 Å². The highest BCUT2D eigenvalue weighted by Crippen LogP contribution is 2.22. The quantitative estimate of drug-likeness (QED) is 0.581. The molecule has 1 aromatic rings. The molecule has 0 fully saturated rings. The minimum atomic E-state index is -0.519. The van der Waals surface area contributed by atoms with Crippen LogP contribution in [0.1, 0.15) is 46.8 Å². The molecule has 1 radical (unpaired) electrons. The van der Waals surface area contributed by atoms with Crippen molar-refractivity contribution in [2.24, 2.45) is 0 Å². The van der Waals surface area contributed by atoms with Gasteiger partial charge in [0.2, 0.25) is 0 Å². The zero-order valence-corrected chi connectivity index (χ0v) is 13.5. The molecule has 0 aliphatic heterocycles. The van der Waals surface area contributed by atoms with E-state index < -0.39 is 5.85 Å². The third-order valence-corrected chi connectivity index (χ3v) is 3.59. The molecule has 1 aromatic carbocycles. The van der Waals surface area contributed by atoms with Gasteiger partial charge in [-0.25, -0.2) is 0 Å². The number of carbonyl (C=O) groups is 1. The number of hydrogen-bond donors (Lipinski definition) is 0. The Hall–Kier alpha value is -0.720. The first-order valence-electron chi connectivity index (χ1n) is 6.73. The summed E-state index contributed by atoms with van der Waals surface area (Å²) in [4.78, 5) is 12.5. The average molecular weight is 279 g/mol. The molecule has 105 valence electrons. The fourth-order valence-corrected chi connectivity index (χ4v) is 2.76. The molecule has 19 heavy (non-hydrogen) atoms. The van der Waals surface area contributed by atoms with Gasteiger partial charge < -0.3 is 4.74 Å². The van der Waals surface area contributed by atoms with E-state index >= 15 is 0 Å². The lowest BCUT2D eigenvalue weighted by Crippen LogP contribution is -2.24. The Morgan fingerprint density at radius 1 is 1.32 bits per heavy atom. The Kier molecular flexibility index (Phi) is 6.16. The number of ketones is 1. The van der Waals surface area contributed by atoms with Crippen LogP contribution < -0.4 is 0 Å². The van der Waals surface area contributed by atoms with Crippen LogP contribution >= 0.6 is 9.24 Å². The van der Waals surface area contributed by atoms with Crippen LogP contribution in [0.3, 0.4) is 0 Å². The molecule has 0 aliphatic carbocycles. The summed E-state index contributed by atoms with van der Waals surface area (Å²) in [6, 6.07) is 4.07. The normalized spacial score (nSPS) is 14.2. The number of benzene rings is 1. The van der Waals surface area contributed by atoms with Gasteiger partial charge in [-0.1, -0.05) is 40.3 Å². The summed E-state index contributed by atoms with van der Waals surface area (Å²) in [5.41, 5.74) is 3.97. The van der Waals surface area contributed by atoms with Crippen molar-refractivity contribution in [2.45, 2.75) is 52.5 Å². The van der Waals surface area contributed by atoms with Crippen LogP contribution in [-0.4, -0.2) is 17.7 Å². The monoisotopic (exact) mass is 279 g/mol. The van der Waals surface area contributed by atoms with E-state index in [1.54, 1.807) is 0 Å². The van der Waals surface area contributed by atoms with Gasteiger partial charge in [-0.2, -0.15) is 0 Å². The smallest absolute Gasteiger partial charge is 0.195 e. The summed E-state index contributed by atoms with van der Waals surface area (Å²) >= 11 is 0. The minimum Gasteiger partial charge on any atom is -0.363 e. The largest absolute Gasteiger partial charge is 0.363 e. The molecular formula is C16H24O2P. The first-order valence-corrected chi connectivity index (χ1v) is 7.39. The van der Waals surface area contributed by atoms with Crippen LogP contribution in [0, 0.1) is 27.7 Å². The van der Waals surface area contributed by atoms with Gasteiger partial charge in [-0.05, 0) is 45.2 Å². The molecule has 0 aromatic heterocycles. The summed E-state index contributed by atoms with van der Waals surface area (Å²) in [5, 5.41) is 0. The Bertz CT molecular complexity index is 431. The Morgan fingerprint density at radius 2 is 1.84 bits per heavy atom. The van der Waals surface area contributed by atoms with Crippen molar-refractivity contribution in [2.75, 3.05) is 0 Å². The molecular weight excluding hydrogens is 255 g/mol. The summed E-state index contributed by atoms with van der Waals surface area (Å²) < 4.78 is 5.65. The summed E-state index contributed by atoms with van der Waals surface area (Å²) in [5.74, 6) is -0.501. The molecule has 0 spiro atoms. The highest BCUT2D eigenvalue weighted by molar-refractivity contribution is 7.19. The first kappa shape index (κ1) is 16.3. The zero-order valence-electron chi connectivity index (χ0n) is 12.3. The van der Waals surface area contributed by atoms with Crippen molar-refractivity contribution >= 4 is 15.0 Å². The number of aryl methyl sites for hydroxylation is 3. The van der Waals surface area contributed by atoms with E-state index in [1.165, 1.54) is 5.56 Å². The average Bonchev–Trinajstić information content (AvgIpc) is 2.27. The molecule has 0 aliphatic rings. The van der Waals surface area contributed by atoms with E-state index in [0.717, 1.165) is 29.5 Å². The molecule has 3 atom stereocenters. The standard InChI is InChI=1S/C16H24O2P/c1-6-7-13(5)18-16(19)15(17)14-11(3)8-10(2)9-12(14)4/h8-9,13,16H,5-7,19H2,1-4H3/t13-,16?/m1/s1. The van der Waals surface area contributed by atoms with Gasteiger partial charge in [-0.3, -0.25) is 4.79 Å². The highest BCUT2D eigenvalue weighted by Gasteiger charge is 2.21. The van der Waals surface area contributed by atoms with Crippen LogP contribution in [0.2, 0.25) is 0 Å². The molecule has 0 heterocycles. The van der Waals surface area contributed by atoms with Gasteiger partial charge in [0.05, 0.1) is 6.10 Å². The van der Waals surface area contributed by atoms with E-state index in [1.807, 2.05) is 32.9 Å². The molecule has 3 heteroatoms. The maximum atomic E-state index is 12.5. The molecule has 0 saturated carbocycles. The predicted octanol–water partition coefficient (Wildman–Crippen LogP) is 4.02. The maximum Gasteiger partial charge on any atom is 0.195 e. The summed E-state index contributed by atoms with van der Waals surface area (Å²) in [6.07, 6.45) is 1.73. The van der Waals surface area contributed by atoms with Crippen molar-refractivity contribution in [3.63, 3.8) is 0 Å². The molecule has 0 saturated heterocycles. The lowest BCUT2D eigenvalue weighted by atomic mass is 9.97. The number of carbonyl (C=O) groups excluding carboxylic acids is 1. The third kappa shape index (κ3) is 4.40. The SMILES string of the molecule is [CH2][C@H](CCC)OC(P)C(=O)c1c(C)cc(C)cc1C. The van der Waals surface area contributed by atoms with Gasteiger partial charge in [0.25, 0.3) is 0 Å². The number of Topliss-reactive ketones (excluding diaryl/α,β-unsaturated/α-hetero) is 1. The van der Waals surface area contributed by atoms with E-state index in [0.29, 0.717) is 0 Å². The van der Waals surface area contributed by atoms with Gasteiger partial charge in [-0.15, -0.1) is 0 Å². The fraction of sp³-hybridized carbons (Fsp3) is 0.500. The zero-order chi connectivity index (χ0) is 14.6. The molecule has 2 nitrogen and oxygen atoms in total. The second-order valence-electron chi connectivity index (χ2n) is 5.11. The number of ether oxygens (including phenoxy) is 1. The van der Waals surface area contributed by atoms with E-state index in [9.17, 15) is 4.79 Å². The Morgan fingerprint density at radius 3 is 2.32 bits per heavy atom. The van der Waals surface area contributed by atoms with Crippen molar-refractivity contribution in [1.82, 2.24) is 0 Å². The second kappa shape index (κ2) is 7.17. The molecule has 0 amide bonds. The van der Waals surface area contributed by atoms with Gasteiger partial charge in [0.15, 0.2) is 5.78 Å². The highest BCUT2D eigenvalue weighted by atomic mass is 31.0. The third-order valence-electron chi connectivity index (χ3n) is 3.13. The molecule has 2 unspecified atom stereocenters. The van der Waals surface area contributed by atoms with Gasteiger partial charge >= 0.3 is 0 Å². The van der Waals surface area contributed by atoms with Crippen molar-refractivity contribution < 1.29 is 9.53 Å².